The Labute approximate surface area is 279 Å². The van der Waals surface area contributed by atoms with Crippen molar-refractivity contribution in [3.63, 3.8) is 0 Å². The quantitative estimate of drug-likeness (QED) is 0.149. The summed E-state index contributed by atoms with van der Waals surface area (Å²) < 4.78 is 6.22. The molecule has 0 spiro atoms. The first-order valence-electron chi connectivity index (χ1n) is 16.9. The van der Waals surface area contributed by atoms with E-state index in [0.29, 0.717) is 51.2 Å². The minimum Gasteiger partial charge on any atom is -0.380 e. The maximum atomic E-state index is 12.5. The van der Waals surface area contributed by atoms with E-state index in [4.69, 9.17) is 4.74 Å². The molecule has 2 fully saturated rings. The molecule has 248 valence electrons. The fraction of sp³-hybridized carbons (Fsp3) is 0.450. The van der Waals surface area contributed by atoms with E-state index in [1.54, 1.807) is 24.8 Å². The molecule has 2 atom stereocenters. The van der Waals surface area contributed by atoms with Crippen LogP contribution in [0.4, 0.5) is 0 Å². The largest absolute Gasteiger partial charge is 0.380 e. The second-order valence-corrected chi connectivity index (χ2v) is 15.0. The molecular formula is C40H50N4O3. The first-order valence-corrected chi connectivity index (χ1v) is 16.9. The van der Waals surface area contributed by atoms with E-state index in [0.717, 1.165) is 33.4 Å². The van der Waals surface area contributed by atoms with Crippen molar-refractivity contribution in [2.24, 2.45) is 10.8 Å². The van der Waals surface area contributed by atoms with E-state index >= 15 is 0 Å². The highest BCUT2D eigenvalue weighted by molar-refractivity contribution is 5.43. The van der Waals surface area contributed by atoms with Gasteiger partial charge in [-0.15, -0.1) is 0 Å². The summed E-state index contributed by atoms with van der Waals surface area (Å²) in [5.74, 6) is 0.832. The van der Waals surface area contributed by atoms with Crippen LogP contribution in [0.15, 0.2) is 85.5 Å². The SMILES string of the molecule is CC(C)c1ccc([C@](O)(c2cncc(COCc3cncc([C@@](O)(c4ccc(C(C)C)cc4)C4(C)CNC4)c3)c2)C2(C)CNC2)cc1. The van der Waals surface area contributed by atoms with Crippen LogP contribution in [-0.4, -0.2) is 46.4 Å². The van der Waals surface area contributed by atoms with Gasteiger partial charge in [0.2, 0.25) is 0 Å². The molecule has 0 amide bonds. The van der Waals surface area contributed by atoms with E-state index < -0.39 is 11.2 Å². The predicted octanol–water partition coefficient (Wildman–Crippen LogP) is 6.13. The number of nitrogens with zero attached hydrogens (tertiary/aromatic N) is 2. The highest BCUT2D eigenvalue weighted by Crippen LogP contribution is 2.49. The van der Waals surface area contributed by atoms with E-state index in [-0.39, 0.29) is 10.8 Å². The summed E-state index contributed by atoms with van der Waals surface area (Å²) in [6, 6.07) is 20.7. The Morgan fingerprint density at radius 3 is 1.28 bits per heavy atom. The van der Waals surface area contributed by atoms with Gasteiger partial charge in [0.05, 0.1) is 13.2 Å². The normalized spacial score (nSPS) is 19.4. The molecule has 4 heterocycles. The lowest BCUT2D eigenvalue weighted by Crippen LogP contribution is -2.63. The third-order valence-electron chi connectivity index (χ3n) is 10.8. The average molecular weight is 635 g/mol. The number of benzene rings is 2. The van der Waals surface area contributed by atoms with Gasteiger partial charge in [-0.3, -0.25) is 9.97 Å². The lowest BCUT2D eigenvalue weighted by molar-refractivity contribution is -0.0770. The Balaban J connectivity index is 1.22. The Hall–Kier alpha value is -3.46. The standard InChI is InChI=1S/C40H50N4O3/c1-27(2)31-7-11-33(12-8-31)39(45,37(5)23-43-24-37)35-15-29(17-41-19-35)21-47-22-30-16-36(20-42-18-30)40(46,38(6)25-44-26-38)34-13-9-32(10-14-34)28(3)4/h7-20,27-28,43-46H,21-26H2,1-6H3/t39-,40-/m0/s1. The van der Waals surface area contributed by atoms with Gasteiger partial charge in [-0.2, -0.15) is 0 Å². The first kappa shape index (κ1) is 33.4. The van der Waals surface area contributed by atoms with Gasteiger partial charge in [0.15, 0.2) is 0 Å². The molecule has 4 N–H and O–H groups in total. The maximum absolute atomic E-state index is 12.5. The molecule has 6 rings (SSSR count). The second kappa shape index (κ2) is 12.9. The highest BCUT2D eigenvalue weighted by atomic mass is 16.5. The number of hydrogen-bond donors (Lipinski definition) is 4. The summed E-state index contributed by atoms with van der Waals surface area (Å²) in [7, 11) is 0. The molecule has 0 radical (unpaired) electrons. The zero-order chi connectivity index (χ0) is 33.5. The summed E-state index contributed by atoms with van der Waals surface area (Å²) in [5.41, 5.74) is 4.35. The summed E-state index contributed by atoms with van der Waals surface area (Å²) in [6.07, 6.45) is 7.15. The molecule has 0 unspecified atom stereocenters. The van der Waals surface area contributed by atoms with Gasteiger partial charge in [0.1, 0.15) is 11.2 Å². The Kier molecular flexibility index (Phi) is 9.15. The molecule has 7 heteroatoms. The molecule has 2 aromatic carbocycles. The fourth-order valence-corrected chi connectivity index (χ4v) is 7.27. The van der Waals surface area contributed by atoms with Crippen molar-refractivity contribution < 1.29 is 14.9 Å². The smallest absolute Gasteiger partial charge is 0.124 e. The van der Waals surface area contributed by atoms with Crippen molar-refractivity contribution in [2.75, 3.05) is 26.2 Å². The third kappa shape index (κ3) is 5.93. The van der Waals surface area contributed by atoms with Gasteiger partial charge in [-0.05, 0) is 57.3 Å². The van der Waals surface area contributed by atoms with Crippen LogP contribution < -0.4 is 10.6 Å². The molecule has 2 aromatic heterocycles. The lowest BCUT2D eigenvalue weighted by atomic mass is 9.63. The predicted molar refractivity (Wildman–Crippen MR) is 186 cm³/mol. The van der Waals surface area contributed by atoms with Crippen molar-refractivity contribution in [3.8, 4) is 0 Å². The lowest BCUT2D eigenvalue weighted by Gasteiger charge is -2.52. The van der Waals surface area contributed by atoms with Crippen LogP contribution in [0.5, 0.6) is 0 Å². The van der Waals surface area contributed by atoms with Crippen LogP contribution in [-0.2, 0) is 29.2 Å². The van der Waals surface area contributed by atoms with E-state index in [9.17, 15) is 10.2 Å². The number of aromatic nitrogens is 2. The number of ether oxygens (including phenoxy) is 1. The van der Waals surface area contributed by atoms with Crippen LogP contribution in [0.25, 0.3) is 0 Å². The first-order chi connectivity index (χ1) is 22.4. The van der Waals surface area contributed by atoms with Crippen molar-refractivity contribution >= 4 is 0 Å². The third-order valence-corrected chi connectivity index (χ3v) is 10.8. The Morgan fingerprint density at radius 2 is 0.979 bits per heavy atom. The summed E-state index contributed by atoms with van der Waals surface area (Å²) in [6.45, 7) is 16.5. The number of hydrogen-bond acceptors (Lipinski definition) is 7. The summed E-state index contributed by atoms with van der Waals surface area (Å²) in [5, 5.41) is 31.7. The van der Waals surface area contributed by atoms with Crippen LogP contribution >= 0.6 is 0 Å². The minimum absolute atomic E-state index is 0.324. The van der Waals surface area contributed by atoms with Gasteiger partial charge in [-0.1, -0.05) is 90.1 Å². The van der Waals surface area contributed by atoms with Gasteiger partial charge in [0.25, 0.3) is 0 Å². The highest BCUT2D eigenvalue weighted by Gasteiger charge is 2.54. The van der Waals surface area contributed by atoms with Crippen LogP contribution in [0.3, 0.4) is 0 Å². The minimum atomic E-state index is -1.21. The molecule has 2 saturated heterocycles. The van der Waals surface area contributed by atoms with Crippen molar-refractivity contribution in [2.45, 2.75) is 77.8 Å². The molecule has 0 bridgehead atoms. The Bertz CT molecular complexity index is 1550. The van der Waals surface area contributed by atoms with Gasteiger partial charge in [0, 0.05) is 72.9 Å². The van der Waals surface area contributed by atoms with Crippen LogP contribution in [0, 0.1) is 10.8 Å². The van der Waals surface area contributed by atoms with E-state index in [1.807, 2.05) is 12.1 Å². The van der Waals surface area contributed by atoms with Crippen LogP contribution in [0.2, 0.25) is 0 Å². The maximum Gasteiger partial charge on any atom is 0.124 e. The van der Waals surface area contributed by atoms with Crippen molar-refractivity contribution in [1.82, 2.24) is 20.6 Å². The van der Waals surface area contributed by atoms with Crippen LogP contribution in [0.1, 0.15) is 97.9 Å². The van der Waals surface area contributed by atoms with E-state index in [2.05, 4.69) is 111 Å². The molecule has 47 heavy (non-hydrogen) atoms. The Morgan fingerprint density at radius 1 is 0.617 bits per heavy atom. The summed E-state index contributed by atoms with van der Waals surface area (Å²) in [4.78, 5) is 9.10. The average Bonchev–Trinajstić information content (AvgIpc) is 3.05. The van der Waals surface area contributed by atoms with Gasteiger partial charge < -0.3 is 25.6 Å². The second-order valence-electron chi connectivity index (χ2n) is 15.0. The van der Waals surface area contributed by atoms with E-state index in [1.165, 1.54) is 11.1 Å². The molecule has 2 aliphatic heterocycles. The molecule has 0 saturated carbocycles. The topological polar surface area (TPSA) is 99.5 Å². The van der Waals surface area contributed by atoms with Gasteiger partial charge >= 0.3 is 0 Å². The molecule has 2 aliphatic rings. The monoisotopic (exact) mass is 634 g/mol. The molecule has 4 aromatic rings. The molecule has 0 aliphatic carbocycles. The summed E-state index contributed by atoms with van der Waals surface area (Å²) >= 11 is 0. The zero-order valence-electron chi connectivity index (χ0n) is 28.7. The van der Waals surface area contributed by atoms with Crippen molar-refractivity contribution in [1.29, 1.82) is 0 Å². The number of rotatable bonds is 12. The molecular weight excluding hydrogens is 584 g/mol. The van der Waals surface area contributed by atoms with Crippen molar-refractivity contribution in [3.05, 3.63) is 130 Å². The fourth-order valence-electron chi connectivity index (χ4n) is 7.27. The number of pyridine rings is 2. The van der Waals surface area contributed by atoms with Gasteiger partial charge in [-0.25, -0.2) is 0 Å². The number of nitrogens with one attached hydrogen (secondary N) is 2. The zero-order valence-corrected chi connectivity index (χ0v) is 28.7. The number of aliphatic hydroxyl groups is 2. The molecule has 7 nitrogen and oxygen atoms in total.